The van der Waals surface area contributed by atoms with Gasteiger partial charge >= 0.3 is 0 Å². The lowest BCUT2D eigenvalue weighted by molar-refractivity contribution is 1.22. The lowest BCUT2D eigenvalue weighted by Crippen LogP contribution is -1.77. The van der Waals surface area contributed by atoms with E-state index < -0.39 is 0 Å². The van der Waals surface area contributed by atoms with Crippen molar-refractivity contribution in [2.24, 2.45) is 0 Å². The monoisotopic (exact) mass is 264 g/mol. The molecule has 0 radical (unpaired) electrons. The van der Waals surface area contributed by atoms with E-state index in [1.54, 1.807) is 0 Å². The SMILES string of the molecule is CCSc1csc(SCC)c1SCC. The van der Waals surface area contributed by atoms with Gasteiger partial charge in [-0.1, -0.05) is 20.8 Å². The van der Waals surface area contributed by atoms with E-state index >= 15 is 0 Å². The molecule has 0 aliphatic carbocycles. The van der Waals surface area contributed by atoms with Crippen LogP contribution in [0.2, 0.25) is 0 Å². The maximum Gasteiger partial charge on any atom is 0.0746 e. The summed E-state index contributed by atoms with van der Waals surface area (Å²) in [5.74, 6) is 3.52. The van der Waals surface area contributed by atoms with Gasteiger partial charge in [-0.05, 0) is 17.3 Å². The number of thiophene rings is 1. The highest BCUT2D eigenvalue weighted by molar-refractivity contribution is 8.04. The van der Waals surface area contributed by atoms with Crippen LogP contribution in [0.15, 0.2) is 19.4 Å². The van der Waals surface area contributed by atoms with E-state index in [0.29, 0.717) is 0 Å². The van der Waals surface area contributed by atoms with Gasteiger partial charge in [0.1, 0.15) is 0 Å². The summed E-state index contributed by atoms with van der Waals surface area (Å²) < 4.78 is 1.51. The molecule has 0 aliphatic heterocycles. The van der Waals surface area contributed by atoms with Crippen molar-refractivity contribution in [3.05, 3.63) is 5.38 Å². The summed E-state index contributed by atoms with van der Waals surface area (Å²) in [7, 11) is 0. The first-order valence-corrected chi connectivity index (χ1v) is 8.66. The van der Waals surface area contributed by atoms with Gasteiger partial charge in [-0.15, -0.1) is 46.6 Å². The smallest absolute Gasteiger partial charge is 0.0746 e. The largest absolute Gasteiger partial charge is 0.135 e. The van der Waals surface area contributed by atoms with Crippen molar-refractivity contribution in [1.82, 2.24) is 0 Å². The van der Waals surface area contributed by atoms with E-state index in [4.69, 9.17) is 0 Å². The second kappa shape index (κ2) is 7.09. The van der Waals surface area contributed by atoms with Gasteiger partial charge in [0.2, 0.25) is 0 Å². The number of thioether (sulfide) groups is 3. The van der Waals surface area contributed by atoms with Gasteiger partial charge in [0.25, 0.3) is 0 Å². The maximum absolute atomic E-state index is 2.31. The van der Waals surface area contributed by atoms with Crippen LogP contribution in [0.4, 0.5) is 0 Å². The predicted molar refractivity (Wildman–Crippen MR) is 73.5 cm³/mol. The Morgan fingerprint density at radius 2 is 1.64 bits per heavy atom. The highest BCUT2D eigenvalue weighted by Crippen LogP contribution is 2.43. The van der Waals surface area contributed by atoms with Gasteiger partial charge in [-0.3, -0.25) is 0 Å². The lowest BCUT2D eigenvalue weighted by Gasteiger charge is -2.03. The third-order valence-corrected chi connectivity index (χ3v) is 6.17. The normalized spacial score (nSPS) is 10.8. The summed E-state index contributed by atoms with van der Waals surface area (Å²) in [6, 6.07) is 0. The summed E-state index contributed by atoms with van der Waals surface area (Å²) in [5.41, 5.74) is 0. The van der Waals surface area contributed by atoms with Gasteiger partial charge < -0.3 is 0 Å². The fraction of sp³-hybridized carbons (Fsp3) is 0.600. The second-order valence-electron chi connectivity index (χ2n) is 2.52. The Hall–Kier alpha value is 0.750. The molecule has 0 bridgehead atoms. The lowest BCUT2D eigenvalue weighted by atomic mass is 10.6. The third kappa shape index (κ3) is 3.40. The average Bonchev–Trinajstić information content (AvgIpc) is 2.52. The highest BCUT2D eigenvalue weighted by atomic mass is 32.2. The number of rotatable bonds is 6. The minimum Gasteiger partial charge on any atom is -0.135 e. The van der Waals surface area contributed by atoms with Crippen molar-refractivity contribution in [3.8, 4) is 0 Å². The molecule has 1 rings (SSSR count). The second-order valence-corrected chi connectivity index (χ2v) is 7.51. The number of hydrogen-bond acceptors (Lipinski definition) is 4. The highest BCUT2D eigenvalue weighted by Gasteiger charge is 2.11. The summed E-state index contributed by atoms with van der Waals surface area (Å²) in [5, 5.41) is 2.31. The Morgan fingerprint density at radius 3 is 2.21 bits per heavy atom. The Morgan fingerprint density at radius 1 is 1.00 bits per heavy atom. The summed E-state index contributed by atoms with van der Waals surface area (Å²) in [6.45, 7) is 6.66. The van der Waals surface area contributed by atoms with Gasteiger partial charge in [0, 0.05) is 15.2 Å². The average molecular weight is 265 g/mol. The van der Waals surface area contributed by atoms with Crippen molar-refractivity contribution in [2.75, 3.05) is 17.3 Å². The molecule has 0 atom stereocenters. The molecule has 0 aliphatic rings. The first-order valence-electron chi connectivity index (χ1n) is 4.83. The van der Waals surface area contributed by atoms with Crippen LogP contribution in [0.5, 0.6) is 0 Å². The van der Waals surface area contributed by atoms with Crippen LogP contribution in [-0.4, -0.2) is 17.3 Å². The van der Waals surface area contributed by atoms with Crippen molar-refractivity contribution in [3.63, 3.8) is 0 Å². The zero-order valence-electron chi connectivity index (χ0n) is 8.83. The zero-order valence-corrected chi connectivity index (χ0v) is 12.1. The fourth-order valence-corrected chi connectivity index (χ4v) is 5.70. The molecular formula is C10H16S4. The molecule has 0 saturated carbocycles. The maximum atomic E-state index is 2.31. The van der Waals surface area contributed by atoms with Gasteiger partial charge in [-0.25, -0.2) is 0 Å². The van der Waals surface area contributed by atoms with Gasteiger partial charge in [0.05, 0.1) is 4.21 Å². The summed E-state index contributed by atoms with van der Waals surface area (Å²) >= 11 is 7.82. The summed E-state index contributed by atoms with van der Waals surface area (Å²) in [6.07, 6.45) is 0. The van der Waals surface area contributed by atoms with Crippen molar-refractivity contribution >= 4 is 46.6 Å². The quantitative estimate of drug-likeness (QED) is 0.657. The van der Waals surface area contributed by atoms with E-state index in [2.05, 4.69) is 26.2 Å². The minimum atomic E-state index is 1.17. The minimum absolute atomic E-state index is 1.17. The number of hydrogen-bond donors (Lipinski definition) is 0. The molecule has 80 valence electrons. The van der Waals surface area contributed by atoms with Crippen molar-refractivity contribution < 1.29 is 0 Å². The molecule has 0 N–H and O–H groups in total. The van der Waals surface area contributed by atoms with Crippen LogP contribution in [-0.2, 0) is 0 Å². The molecule has 1 heterocycles. The van der Waals surface area contributed by atoms with Gasteiger partial charge in [-0.2, -0.15) is 0 Å². The molecule has 4 heteroatoms. The van der Waals surface area contributed by atoms with Crippen LogP contribution >= 0.6 is 46.6 Å². The van der Waals surface area contributed by atoms with Crippen LogP contribution in [0.3, 0.4) is 0 Å². The first-order chi connectivity index (χ1) is 6.83. The van der Waals surface area contributed by atoms with E-state index in [0.717, 1.165) is 0 Å². The van der Waals surface area contributed by atoms with E-state index in [-0.39, 0.29) is 0 Å². The fourth-order valence-electron chi connectivity index (χ4n) is 1.07. The zero-order chi connectivity index (χ0) is 10.4. The molecule has 0 fully saturated rings. The van der Waals surface area contributed by atoms with Crippen molar-refractivity contribution in [1.29, 1.82) is 0 Å². The van der Waals surface area contributed by atoms with Crippen LogP contribution < -0.4 is 0 Å². The van der Waals surface area contributed by atoms with Crippen LogP contribution in [0.1, 0.15) is 20.8 Å². The molecular weight excluding hydrogens is 248 g/mol. The first kappa shape index (κ1) is 12.8. The van der Waals surface area contributed by atoms with Crippen molar-refractivity contribution in [2.45, 2.75) is 34.8 Å². The topological polar surface area (TPSA) is 0 Å². The Balaban J connectivity index is 2.82. The predicted octanol–water partition coefficient (Wildman–Crippen LogP) is 5.08. The molecule has 0 nitrogen and oxygen atoms in total. The molecule has 14 heavy (non-hydrogen) atoms. The summed E-state index contributed by atoms with van der Waals surface area (Å²) in [4.78, 5) is 3.01. The van der Waals surface area contributed by atoms with E-state index in [1.807, 2.05) is 46.6 Å². The Bertz CT molecular complexity index is 244. The van der Waals surface area contributed by atoms with E-state index in [9.17, 15) is 0 Å². The molecule has 0 spiro atoms. The Labute approximate surface area is 104 Å². The molecule has 1 aromatic rings. The van der Waals surface area contributed by atoms with Gasteiger partial charge in [0.15, 0.2) is 0 Å². The standard InChI is InChI=1S/C10H16S4/c1-4-11-8-7-14-10(13-6-3)9(8)12-5-2/h7H,4-6H2,1-3H3. The molecule has 0 unspecified atom stereocenters. The van der Waals surface area contributed by atoms with Crippen LogP contribution in [0, 0.1) is 0 Å². The Kier molecular flexibility index (Phi) is 6.50. The molecule has 0 amide bonds. The van der Waals surface area contributed by atoms with Crippen LogP contribution in [0.25, 0.3) is 0 Å². The molecule has 0 aromatic carbocycles. The molecule has 0 saturated heterocycles. The van der Waals surface area contributed by atoms with E-state index in [1.165, 1.54) is 31.3 Å². The molecule has 1 aromatic heterocycles. The third-order valence-electron chi connectivity index (χ3n) is 1.55.